The van der Waals surface area contributed by atoms with Gasteiger partial charge in [-0.05, 0) is 68.9 Å². The molecule has 6 rings (SSSR count). The number of hydrogen-bond acceptors (Lipinski definition) is 6. The van der Waals surface area contributed by atoms with Crippen LogP contribution >= 0.6 is 0 Å². The molecule has 3 aromatic heterocycles. The molecular formula is C26H26F2N6O2. The highest BCUT2D eigenvalue weighted by Crippen LogP contribution is 2.38. The van der Waals surface area contributed by atoms with Crippen LogP contribution in [-0.2, 0) is 0 Å². The van der Waals surface area contributed by atoms with Gasteiger partial charge in [-0.25, -0.2) is 13.3 Å². The maximum absolute atomic E-state index is 14.5. The third kappa shape index (κ3) is 4.20. The van der Waals surface area contributed by atoms with E-state index in [-0.39, 0.29) is 23.9 Å². The molecule has 0 radical (unpaired) electrons. The fourth-order valence-electron chi connectivity index (χ4n) is 5.60. The summed E-state index contributed by atoms with van der Waals surface area (Å²) in [6, 6.07) is 7.20. The lowest BCUT2D eigenvalue weighted by Crippen LogP contribution is -2.37. The monoisotopic (exact) mass is 492 g/mol. The normalized spacial score (nSPS) is 22.3. The Balaban J connectivity index is 1.20. The summed E-state index contributed by atoms with van der Waals surface area (Å²) in [7, 11) is 0. The topological polar surface area (TPSA) is 88.6 Å². The van der Waals surface area contributed by atoms with E-state index >= 15 is 0 Å². The third-order valence-electron chi connectivity index (χ3n) is 7.44. The van der Waals surface area contributed by atoms with Crippen LogP contribution < -0.4 is 10.2 Å². The molecule has 0 spiro atoms. The number of rotatable bonds is 5. The molecule has 10 heteroatoms. The van der Waals surface area contributed by atoms with Gasteiger partial charge in [0.15, 0.2) is 0 Å². The fourth-order valence-corrected chi connectivity index (χ4v) is 5.60. The van der Waals surface area contributed by atoms with Gasteiger partial charge < -0.3 is 14.6 Å². The van der Waals surface area contributed by atoms with Crippen LogP contribution in [0.25, 0.3) is 5.52 Å². The molecule has 1 N–H and O–H groups in total. The van der Waals surface area contributed by atoms with Gasteiger partial charge in [0, 0.05) is 36.0 Å². The number of halogens is 2. The molecule has 0 bridgehead atoms. The quantitative estimate of drug-likeness (QED) is 0.431. The number of nitrogens with zero attached hydrogens (tertiary/aromatic N) is 5. The highest BCUT2D eigenvalue weighted by Gasteiger charge is 2.30. The lowest BCUT2D eigenvalue weighted by atomic mass is 9.86. The molecule has 1 aliphatic carbocycles. The molecule has 2 fully saturated rings. The molecule has 8 nitrogen and oxygen atoms in total. The Hall–Kier alpha value is -3.82. The minimum atomic E-state index is -0.449. The number of pyridine rings is 1. The first kappa shape index (κ1) is 22.6. The van der Waals surface area contributed by atoms with Crippen LogP contribution in [0, 0.1) is 11.6 Å². The average Bonchev–Trinajstić information content (AvgIpc) is 3.66. The Labute approximate surface area is 206 Å². The minimum Gasteiger partial charge on any atom is -0.428 e. The van der Waals surface area contributed by atoms with E-state index in [1.807, 2.05) is 12.1 Å². The average molecular weight is 493 g/mol. The fraction of sp³-hybridized carbons (Fsp3) is 0.385. The molecule has 186 valence electrons. The molecule has 1 atom stereocenters. The number of aromatic nitrogens is 4. The number of anilines is 1. The van der Waals surface area contributed by atoms with Crippen LogP contribution in [0.5, 0.6) is 0 Å². The number of benzene rings is 1. The Kier molecular flexibility index (Phi) is 5.86. The van der Waals surface area contributed by atoms with E-state index in [2.05, 4.69) is 25.5 Å². The van der Waals surface area contributed by atoms with Gasteiger partial charge in [0.1, 0.15) is 11.6 Å². The van der Waals surface area contributed by atoms with E-state index in [4.69, 9.17) is 4.42 Å². The van der Waals surface area contributed by atoms with Crippen molar-refractivity contribution in [1.82, 2.24) is 25.1 Å². The van der Waals surface area contributed by atoms with Crippen molar-refractivity contribution in [3.8, 4) is 0 Å². The maximum atomic E-state index is 14.5. The molecule has 1 amide bonds. The van der Waals surface area contributed by atoms with Gasteiger partial charge in [0.05, 0.1) is 23.3 Å². The zero-order chi connectivity index (χ0) is 24.6. The van der Waals surface area contributed by atoms with E-state index in [1.165, 1.54) is 18.5 Å². The highest BCUT2D eigenvalue weighted by molar-refractivity contribution is 6.01. The van der Waals surface area contributed by atoms with E-state index in [1.54, 1.807) is 16.9 Å². The summed E-state index contributed by atoms with van der Waals surface area (Å²) in [5.74, 6) is -0.135. The molecule has 0 unspecified atom stereocenters. The summed E-state index contributed by atoms with van der Waals surface area (Å²) >= 11 is 0. The smallest absolute Gasteiger partial charge is 0.255 e. The Morgan fingerprint density at radius 1 is 1.08 bits per heavy atom. The highest BCUT2D eigenvalue weighted by atomic mass is 19.1. The number of amides is 1. The van der Waals surface area contributed by atoms with Crippen molar-refractivity contribution in [2.75, 3.05) is 11.4 Å². The summed E-state index contributed by atoms with van der Waals surface area (Å²) in [6.07, 6.45) is 9.73. The number of carbonyl (C=O) groups is 1. The van der Waals surface area contributed by atoms with Gasteiger partial charge >= 0.3 is 0 Å². The van der Waals surface area contributed by atoms with Crippen molar-refractivity contribution in [2.24, 2.45) is 0 Å². The molecule has 1 aliphatic heterocycles. The largest absolute Gasteiger partial charge is 0.428 e. The lowest BCUT2D eigenvalue weighted by Gasteiger charge is -2.28. The van der Waals surface area contributed by atoms with Gasteiger partial charge in [0.2, 0.25) is 12.3 Å². The van der Waals surface area contributed by atoms with Crippen molar-refractivity contribution in [3.63, 3.8) is 0 Å². The summed E-state index contributed by atoms with van der Waals surface area (Å²) in [5.41, 5.74) is 2.37. The number of fused-ring (bicyclic) bond motifs is 1. The second kappa shape index (κ2) is 9.33. The van der Waals surface area contributed by atoms with Crippen LogP contribution in [0.15, 0.2) is 53.5 Å². The Morgan fingerprint density at radius 2 is 1.94 bits per heavy atom. The summed E-state index contributed by atoms with van der Waals surface area (Å²) < 4.78 is 35.4. The van der Waals surface area contributed by atoms with Crippen molar-refractivity contribution in [2.45, 2.75) is 56.5 Å². The van der Waals surface area contributed by atoms with Crippen LogP contribution in [-0.4, -0.2) is 38.3 Å². The van der Waals surface area contributed by atoms with Crippen molar-refractivity contribution < 1.29 is 18.0 Å². The third-order valence-corrected chi connectivity index (χ3v) is 7.44. The summed E-state index contributed by atoms with van der Waals surface area (Å²) in [5, 5.41) is 15.3. The van der Waals surface area contributed by atoms with E-state index < -0.39 is 11.6 Å². The zero-order valence-corrected chi connectivity index (χ0v) is 19.6. The van der Waals surface area contributed by atoms with Gasteiger partial charge in [-0.1, -0.05) is 0 Å². The van der Waals surface area contributed by atoms with Crippen LogP contribution in [0.4, 0.5) is 14.5 Å². The van der Waals surface area contributed by atoms with E-state index in [0.29, 0.717) is 22.5 Å². The molecule has 4 aromatic rings. The van der Waals surface area contributed by atoms with Crippen LogP contribution in [0.1, 0.15) is 72.3 Å². The maximum Gasteiger partial charge on any atom is 0.255 e. The Bertz CT molecular complexity index is 1380. The summed E-state index contributed by atoms with van der Waals surface area (Å²) in [6.45, 7) is 0.718. The standard InChI is InChI=1S/C26H26F2N6O2/c27-17-5-8-22(28)20(12-17)23-2-1-10-33(23)19-9-11-34-24(13-19)21(14-30-34)25(35)31-18-6-3-16(4-7-18)26-32-29-15-36-26/h5,8-9,11-16,18,23H,1-4,6-7,10H2,(H,31,35)/t16?,18?,23-/m1/s1. The zero-order valence-electron chi connectivity index (χ0n) is 19.6. The molecule has 4 heterocycles. The van der Waals surface area contributed by atoms with Crippen molar-refractivity contribution in [1.29, 1.82) is 0 Å². The van der Waals surface area contributed by atoms with Gasteiger partial charge in [0.25, 0.3) is 5.91 Å². The lowest BCUT2D eigenvalue weighted by molar-refractivity contribution is 0.0926. The second-order valence-corrected chi connectivity index (χ2v) is 9.59. The minimum absolute atomic E-state index is 0.0636. The van der Waals surface area contributed by atoms with E-state index in [9.17, 15) is 13.6 Å². The molecule has 2 aliphatic rings. The number of hydrogen-bond donors (Lipinski definition) is 1. The summed E-state index contributed by atoms with van der Waals surface area (Å²) in [4.78, 5) is 15.3. The second-order valence-electron chi connectivity index (χ2n) is 9.59. The number of carbonyl (C=O) groups excluding carboxylic acids is 1. The first-order valence-corrected chi connectivity index (χ1v) is 12.3. The van der Waals surface area contributed by atoms with Gasteiger partial charge in [-0.2, -0.15) is 5.10 Å². The predicted octanol–water partition coefficient (Wildman–Crippen LogP) is 4.79. The SMILES string of the molecule is O=C(NC1CCC(c2nnco2)CC1)c1cnn2ccc(N3CCC[C@@H]3c3cc(F)ccc3F)cc12. The molecule has 36 heavy (non-hydrogen) atoms. The van der Waals surface area contributed by atoms with Crippen molar-refractivity contribution in [3.05, 3.63) is 77.8 Å². The van der Waals surface area contributed by atoms with Gasteiger partial charge in [-0.15, -0.1) is 10.2 Å². The Morgan fingerprint density at radius 3 is 2.75 bits per heavy atom. The molecule has 1 saturated carbocycles. The first-order chi connectivity index (χ1) is 17.6. The van der Waals surface area contributed by atoms with Crippen LogP contribution in [0.3, 0.4) is 0 Å². The van der Waals surface area contributed by atoms with Crippen LogP contribution in [0.2, 0.25) is 0 Å². The molecule has 1 aromatic carbocycles. The number of nitrogens with one attached hydrogen (secondary N) is 1. The van der Waals surface area contributed by atoms with Gasteiger partial charge in [-0.3, -0.25) is 4.79 Å². The predicted molar refractivity (Wildman–Crippen MR) is 128 cm³/mol. The molecular weight excluding hydrogens is 466 g/mol. The molecule has 1 saturated heterocycles. The van der Waals surface area contributed by atoms with Crippen molar-refractivity contribution >= 4 is 17.1 Å². The van der Waals surface area contributed by atoms with E-state index in [0.717, 1.165) is 56.8 Å². The first-order valence-electron chi connectivity index (χ1n) is 12.3.